The van der Waals surface area contributed by atoms with E-state index in [2.05, 4.69) is 15.4 Å². The van der Waals surface area contributed by atoms with E-state index in [9.17, 15) is 9.18 Å². The standard InChI is InChI=1S/C18H16ClFN4O2/c19-16-9-14(20)3-6-17(16)26-8-7-18(25)23-15-4-1-13(2-5-15)10-24-12-21-11-22-24/h1-6,9,11-12H,7-8,10H2,(H,23,25). The summed E-state index contributed by atoms with van der Waals surface area (Å²) in [6.07, 6.45) is 3.27. The Hall–Kier alpha value is -2.93. The quantitative estimate of drug-likeness (QED) is 0.687. The Morgan fingerprint density at radius 3 is 2.73 bits per heavy atom. The topological polar surface area (TPSA) is 69.0 Å². The van der Waals surface area contributed by atoms with Gasteiger partial charge in [0.25, 0.3) is 0 Å². The van der Waals surface area contributed by atoms with Crippen molar-refractivity contribution in [3.05, 3.63) is 71.5 Å². The molecule has 0 atom stereocenters. The lowest BCUT2D eigenvalue weighted by Gasteiger charge is -2.09. The number of anilines is 1. The highest BCUT2D eigenvalue weighted by molar-refractivity contribution is 6.32. The van der Waals surface area contributed by atoms with Crippen LogP contribution in [0, 0.1) is 5.82 Å². The van der Waals surface area contributed by atoms with Gasteiger partial charge >= 0.3 is 0 Å². The van der Waals surface area contributed by atoms with Crippen molar-refractivity contribution in [2.45, 2.75) is 13.0 Å². The number of benzene rings is 2. The minimum Gasteiger partial charge on any atom is -0.491 e. The van der Waals surface area contributed by atoms with Gasteiger partial charge in [0.05, 0.1) is 24.6 Å². The van der Waals surface area contributed by atoms with Gasteiger partial charge in [-0.05, 0) is 35.9 Å². The zero-order valence-electron chi connectivity index (χ0n) is 13.7. The molecule has 0 unspecified atom stereocenters. The van der Waals surface area contributed by atoms with E-state index in [1.807, 2.05) is 24.3 Å². The molecule has 1 N–H and O–H groups in total. The predicted octanol–water partition coefficient (Wildman–Crippen LogP) is 3.53. The van der Waals surface area contributed by atoms with Gasteiger partial charge in [-0.1, -0.05) is 23.7 Å². The minimum absolute atomic E-state index is 0.140. The molecule has 0 aliphatic heterocycles. The predicted molar refractivity (Wildman–Crippen MR) is 95.7 cm³/mol. The molecule has 0 saturated heterocycles. The fourth-order valence-corrected chi connectivity index (χ4v) is 2.49. The number of aromatic nitrogens is 3. The number of halogens is 2. The lowest BCUT2D eigenvalue weighted by Crippen LogP contribution is -2.15. The molecule has 3 aromatic rings. The van der Waals surface area contributed by atoms with Gasteiger partial charge in [-0.15, -0.1) is 0 Å². The van der Waals surface area contributed by atoms with E-state index in [1.165, 1.54) is 18.5 Å². The maximum absolute atomic E-state index is 13.0. The number of hydrogen-bond acceptors (Lipinski definition) is 4. The molecule has 1 heterocycles. The fraction of sp³-hybridized carbons (Fsp3) is 0.167. The van der Waals surface area contributed by atoms with E-state index in [0.29, 0.717) is 18.0 Å². The average Bonchev–Trinajstić information content (AvgIpc) is 3.12. The largest absolute Gasteiger partial charge is 0.491 e. The number of hydrogen-bond donors (Lipinski definition) is 1. The van der Waals surface area contributed by atoms with Gasteiger partial charge in [0.15, 0.2) is 0 Å². The Labute approximate surface area is 154 Å². The summed E-state index contributed by atoms with van der Waals surface area (Å²) in [7, 11) is 0. The molecule has 0 radical (unpaired) electrons. The first-order chi connectivity index (χ1) is 12.6. The molecule has 0 saturated carbocycles. The molecule has 0 aliphatic carbocycles. The monoisotopic (exact) mass is 374 g/mol. The summed E-state index contributed by atoms with van der Waals surface area (Å²) in [5.41, 5.74) is 1.74. The van der Waals surface area contributed by atoms with Crippen LogP contribution in [0.25, 0.3) is 0 Å². The van der Waals surface area contributed by atoms with Gasteiger partial charge in [0, 0.05) is 5.69 Å². The highest BCUT2D eigenvalue weighted by atomic mass is 35.5. The Bertz CT molecular complexity index is 869. The van der Waals surface area contributed by atoms with E-state index >= 15 is 0 Å². The first-order valence-corrected chi connectivity index (χ1v) is 8.27. The zero-order chi connectivity index (χ0) is 18.4. The van der Waals surface area contributed by atoms with Gasteiger partial charge in [-0.25, -0.2) is 14.1 Å². The van der Waals surface area contributed by atoms with Crippen LogP contribution in [-0.2, 0) is 11.3 Å². The van der Waals surface area contributed by atoms with Gasteiger partial charge in [0.2, 0.25) is 5.91 Å². The number of rotatable bonds is 7. The van der Waals surface area contributed by atoms with Crippen LogP contribution < -0.4 is 10.1 Å². The Kier molecular flexibility index (Phi) is 5.80. The van der Waals surface area contributed by atoms with Crippen LogP contribution >= 0.6 is 11.6 Å². The number of carbonyl (C=O) groups is 1. The van der Waals surface area contributed by atoms with Crippen LogP contribution in [-0.4, -0.2) is 27.3 Å². The van der Waals surface area contributed by atoms with Gasteiger partial charge in [-0.2, -0.15) is 5.10 Å². The summed E-state index contributed by atoms with van der Waals surface area (Å²) in [6.45, 7) is 0.752. The zero-order valence-corrected chi connectivity index (χ0v) is 14.5. The Balaban J connectivity index is 1.45. The maximum atomic E-state index is 13.0. The molecule has 0 aliphatic rings. The number of amides is 1. The SMILES string of the molecule is O=C(CCOc1ccc(F)cc1Cl)Nc1ccc(Cn2cncn2)cc1. The van der Waals surface area contributed by atoms with Crippen molar-refractivity contribution < 1.29 is 13.9 Å². The molecular weight excluding hydrogens is 359 g/mol. The first-order valence-electron chi connectivity index (χ1n) is 7.89. The van der Waals surface area contributed by atoms with Crippen LogP contribution in [0.15, 0.2) is 55.1 Å². The van der Waals surface area contributed by atoms with E-state index < -0.39 is 5.82 Å². The third-order valence-electron chi connectivity index (χ3n) is 3.53. The number of ether oxygens (including phenoxy) is 1. The average molecular weight is 375 g/mol. The second-order valence-corrected chi connectivity index (χ2v) is 5.92. The molecule has 8 heteroatoms. The van der Waals surface area contributed by atoms with E-state index in [-0.39, 0.29) is 24.0 Å². The lowest BCUT2D eigenvalue weighted by molar-refractivity contribution is -0.116. The van der Waals surface area contributed by atoms with Crippen molar-refractivity contribution in [3.63, 3.8) is 0 Å². The summed E-state index contributed by atoms with van der Waals surface area (Å²) in [4.78, 5) is 15.9. The molecule has 0 bridgehead atoms. The number of nitrogens with one attached hydrogen (secondary N) is 1. The summed E-state index contributed by atoms with van der Waals surface area (Å²) in [5.74, 6) is -0.280. The van der Waals surface area contributed by atoms with Crippen LogP contribution in [0.1, 0.15) is 12.0 Å². The normalized spacial score (nSPS) is 10.5. The third-order valence-corrected chi connectivity index (χ3v) is 3.82. The van der Waals surface area contributed by atoms with Crippen molar-refractivity contribution in [3.8, 4) is 5.75 Å². The molecule has 1 amide bonds. The van der Waals surface area contributed by atoms with E-state index in [4.69, 9.17) is 16.3 Å². The van der Waals surface area contributed by atoms with Crippen LogP contribution in [0.2, 0.25) is 5.02 Å². The Morgan fingerprint density at radius 1 is 1.23 bits per heavy atom. The molecule has 6 nitrogen and oxygen atoms in total. The molecule has 134 valence electrons. The van der Waals surface area contributed by atoms with Crippen molar-refractivity contribution in [2.75, 3.05) is 11.9 Å². The third kappa shape index (κ3) is 5.03. The highest BCUT2D eigenvalue weighted by Crippen LogP contribution is 2.24. The van der Waals surface area contributed by atoms with Crippen molar-refractivity contribution in [1.82, 2.24) is 14.8 Å². The molecule has 1 aromatic heterocycles. The molecule has 26 heavy (non-hydrogen) atoms. The van der Waals surface area contributed by atoms with E-state index in [1.54, 1.807) is 11.0 Å². The highest BCUT2D eigenvalue weighted by Gasteiger charge is 2.06. The first kappa shape index (κ1) is 17.9. The van der Waals surface area contributed by atoms with Crippen molar-refractivity contribution in [1.29, 1.82) is 0 Å². The van der Waals surface area contributed by atoms with Crippen molar-refractivity contribution in [2.24, 2.45) is 0 Å². The summed E-state index contributed by atoms with van der Waals surface area (Å²) in [5, 5.41) is 7.01. The van der Waals surface area contributed by atoms with Gasteiger partial charge in [-0.3, -0.25) is 4.79 Å². The summed E-state index contributed by atoms with van der Waals surface area (Å²) < 4.78 is 20.1. The second-order valence-electron chi connectivity index (χ2n) is 5.51. The smallest absolute Gasteiger partial charge is 0.227 e. The summed E-state index contributed by atoms with van der Waals surface area (Å²) in [6, 6.07) is 11.3. The molecule has 0 fully saturated rings. The fourth-order valence-electron chi connectivity index (χ4n) is 2.26. The maximum Gasteiger partial charge on any atom is 0.227 e. The molecular formula is C18H16ClFN4O2. The van der Waals surface area contributed by atoms with E-state index in [0.717, 1.165) is 11.6 Å². The van der Waals surface area contributed by atoms with Crippen LogP contribution in [0.5, 0.6) is 5.75 Å². The van der Waals surface area contributed by atoms with Crippen LogP contribution in [0.4, 0.5) is 10.1 Å². The number of nitrogens with zero attached hydrogens (tertiary/aromatic N) is 3. The molecule has 2 aromatic carbocycles. The minimum atomic E-state index is -0.438. The summed E-state index contributed by atoms with van der Waals surface area (Å²) >= 11 is 5.86. The van der Waals surface area contributed by atoms with Gasteiger partial charge in [0.1, 0.15) is 24.2 Å². The lowest BCUT2D eigenvalue weighted by atomic mass is 10.2. The van der Waals surface area contributed by atoms with Crippen molar-refractivity contribution >= 4 is 23.2 Å². The number of carbonyl (C=O) groups excluding carboxylic acids is 1. The molecule has 0 spiro atoms. The Morgan fingerprint density at radius 2 is 2.04 bits per heavy atom. The van der Waals surface area contributed by atoms with Crippen LogP contribution in [0.3, 0.4) is 0 Å². The van der Waals surface area contributed by atoms with Gasteiger partial charge < -0.3 is 10.1 Å². The second kappa shape index (κ2) is 8.44. The molecule has 3 rings (SSSR count).